The van der Waals surface area contributed by atoms with Crippen molar-refractivity contribution in [3.05, 3.63) is 0 Å². The second-order valence-corrected chi connectivity index (χ2v) is 8.90. The first-order chi connectivity index (χ1) is 12.1. The van der Waals surface area contributed by atoms with Gasteiger partial charge in [-0.15, -0.1) is 0 Å². The Morgan fingerprint density at radius 2 is 1.48 bits per heavy atom. The fourth-order valence-electron chi connectivity index (χ4n) is 5.11. The fourth-order valence-corrected chi connectivity index (χ4v) is 5.11. The topological polar surface area (TPSA) is 26.3 Å². The minimum atomic E-state index is 0.0936. The Hall–Kier alpha value is -0.530. The SMILES string of the molecule is CCCCCC[C@H](C)OC(=O)C1CCC(C2CCC(CC)CC2)CC1. The molecule has 2 nitrogen and oxygen atoms in total. The number of ether oxygens (including phenoxy) is 1. The molecule has 2 rings (SSSR count). The molecule has 2 heteroatoms. The maximum absolute atomic E-state index is 12.4. The summed E-state index contributed by atoms with van der Waals surface area (Å²) in [7, 11) is 0. The van der Waals surface area contributed by atoms with E-state index >= 15 is 0 Å². The third kappa shape index (κ3) is 6.94. The Morgan fingerprint density at radius 1 is 0.880 bits per heavy atom. The summed E-state index contributed by atoms with van der Waals surface area (Å²) < 4.78 is 5.74. The van der Waals surface area contributed by atoms with Gasteiger partial charge in [-0.2, -0.15) is 0 Å². The summed E-state index contributed by atoms with van der Waals surface area (Å²) in [4.78, 5) is 12.4. The monoisotopic (exact) mass is 350 g/mol. The second kappa shape index (κ2) is 11.2. The van der Waals surface area contributed by atoms with Gasteiger partial charge in [-0.3, -0.25) is 4.79 Å². The molecule has 2 aliphatic carbocycles. The van der Waals surface area contributed by atoms with Crippen molar-refractivity contribution >= 4 is 5.97 Å². The van der Waals surface area contributed by atoms with Crippen LogP contribution in [0.5, 0.6) is 0 Å². The van der Waals surface area contributed by atoms with E-state index in [1.807, 2.05) is 0 Å². The summed E-state index contributed by atoms with van der Waals surface area (Å²) in [5.41, 5.74) is 0. The molecule has 0 bridgehead atoms. The van der Waals surface area contributed by atoms with Crippen molar-refractivity contribution in [1.82, 2.24) is 0 Å². The predicted octanol–water partition coefficient (Wildman–Crippen LogP) is 6.91. The predicted molar refractivity (Wildman–Crippen MR) is 106 cm³/mol. The van der Waals surface area contributed by atoms with Crippen LogP contribution in [-0.4, -0.2) is 12.1 Å². The zero-order valence-corrected chi connectivity index (χ0v) is 17.1. The highest BCUT2D eigenvalue weighted by Gasteiger charge is 2.33. The van der Waals surface area contributed by atoms with Crippen LogP contribution in [0.3, 0.4) is 0 Å². The number of hydrogen-bond donors (Lipinski definition) is 0. The third-order valence-electron chi connectivity index (χ3n) is 7.02. The van der Waals surface area contributed by atoms with E-state index in [0.29, 0.717) is 0 Å². The molecule has 0 amide bonds. The van der Waals surface area contributed by atoms with Crippen molar-refractivity contribution in [1.29, 1.82) is 0 Å². The fraction of sp³-hybridized carbons (Fsp3) is 0.957. The molecule has 2 saturated carbocycles. The normalized spacial score (nSPS) is 31.5. The highest BCUT2D eigenvalue weighted by Crippen LogP contribution is 2.42. The van der Waals surface area contributed by atoms with Crippen LogP contribution < -0.4 is 0 Å². The lowest BCUT2D eigenvalue weighted by Gasteiger charge is -2.37. The number of carbonyl (C=O) groups is 1. The number of unbranched alkanes of at least 4 members (excludes halogenated alkanes) is 3. The summed E-state index contributed by atoms with van der Waals surface area (Å²) in [6, 6.07) is 0. The van der Waals surface area contributed by atoms with E-state index in [-0.39, 0.29) is 18.0 Å². The lowest BCUT2D eigenvalue weighted by Crippen LogP contribution is -2.30. The molecule has 0 aromatic carbocycles. The Balaban J connectivity index is 1.63. The minimum absolute atomic E-state index is 0.0936. The number of rotatable bonds is 9. The van der Waals surface area contributed by atoms with Gasteiger partial charge in [0.2, 0.25) is 0 Å². The minimum Gasteiger partial charge on any atom is -0.462 e. The summed E-state index contributed by atoms with van der Waals surface area (Å²) in [6.45, 7) is 6.64. The Kier molecular flexibility index (Phi) is 9.34. The van der Waals surface area contributed by atoms with E-state index in [2.05, 4.69) is 20.8 Å². The Labute approximate surface area is 156 Å². The van der Waals surface area contributed by atoms with Crippen molar-refractivity contribution in [3.63, 3.8) is 0 Å². The van der Waals surface area contributed by atoms with E-state index in [9.17, 15) is 4.79 Å². The average molecular weight is 351 g/mol. The lowest BCUT2D eigenvalue weighted by molar-refractivity contribution is -0.155. The van der Waals surface area contributed by atoms with E-state index in [1.165, 1.54) is 70.6 Å². The molecule has 0 unspecified atom stereocenters. The maximum Gasteiger partial charge on any atom is 0.309 e. The zero-order valence-electron chi connectivity index (χ0n) is 17.1. The van der Waals surface area contributed by atoms with Gasteiger partial charge in [0, 0.05) is 0 Å². The zero-order chi connectivity index (χ0) is 18.1. The largest absolute Gasteiger partial charge is 0.462 e. The molecule has 0 aliphatic heterocycles. The van der Waals surface area contributed by atoms with Crippen molar-refractivity contribution in [2.24, 2.45) is 23.7 Å². The van der Waals surface area contributed by atoms with Crippen LogP contribution in [0.15, 0.2) is 0 Å². The molecule has 25 heavy (non-hydrogen) atoms. The molecular weight excluding hydrogens is 308 g/mol. The molecule has 1 atom stereocenters. The van der Waals surface area contributed by atoms with Crippen molar-refractivity contribution in [3.8, 4) is 0 Å². The van der Waals surface area contributed by atoms with E-state index in [4.69, 9.17) is 4.74 Å². The average Bonchev–Trinajstić information content (AvgIpc) is 2.65. The van der Waals surface area contributed by atoms with Gasteiger partial charge < -0.3 is 4.74 Å². The van der Waals surface area contributed by atoms with Gasteiger partial charge in [-0.05, 0) is 76.0 Å². The van der Waals surface area contributed by atoms with Crippen LogP contribution in [0.1, 0.15) is 111 Å². The molecule has 146 valence electrons. The molecule has 2 fully saturated rings. The van der Waals surface area contributed by atoms with Gasteiger partial charge in [0.05, 0.1) is 12.0 Å². The van der Waals surface area contributed by atoms with Crippen LogP contribution in [0.2, 0.25) is 0 Å². The highest BCUT2D eigenvalue weighted by atomic mass is 16.5. The molecule has 0 spiro atoms. The van der Waals surface area contributed by atoms with Gasteiger partial charge >= 0.3 is 5.97 Å². The summed E-state index contributed by atoms with van der Waals surface area (Å²) >= 11 is 0. The molecule has 0 radical (unpaired) electrons. The van der Waals surface area contributed by atoms with Crippen LogP contribution in [0.4, 0.5) is 0 Å². The van der Waals surface area contributed by atoms with Gasteiger partial charge in [0.1, 0.15) is 0 Å². The molecular formula is C23H42O2. The van der Waals surface area contributed by atoms with E-state index in [0.717, 1.165) is 37.0 Å². The molecule has 2 aliphatic rings. The lowest BCUT2D eigenvalue weighted by atomic mass is 9.69. The Morgan fingerprint density at radius 3 is 2.04 bits per heavy atom. The quantitative estimate of drug-likeness (QED) is 0.333. The first-order valence-electron chi connectivity index (χ1n) is 11.3. The van der Waals surface area contributed by atoms with Crippen molar-refractivity contribution in [2.75, 3.05) is 0 Å². The summed E-state index contributed by atoms with van der Waals surface area (Å²) in [5, 5.41) is 0. The first-order valence-corrected chi connectivity index (χ1v) is 11.3. The molecule has 0 saturated heterocycles. The van der Waals surface area contributed by atoms with Crippen LogP contribution in [0, 0.1) is 23.7 Å². The highest BCUT2D eigenvalue weighted by molar-refractivity contribution is 5.72. The first kappa shape index (κ1) is 20.8. The standard InChI is InChI=1S/C23H42O2/c1-4-6-7-8-9-18(3)25-23(24)22-16-14-21(15-17-22)20-12-10-19(5-2)11-13-20/h18-22H,4-17H2,1-3H3/t18-,19?,20?,21?,22?/m0/s1. The Bertz CT molecular complexity index is 362. The summed E-state index contributed by atoms with van der Waals surface area (Å²) in [6.07, 6.45) is 17.9. The molecule has 0 aromatic heterocycles. The maximum atomic E-state index is 12.4. The molecule has 0 aromatic rings. The van der Waals surface area contributed by atoms with E-state index < -0.39 is 0 Å². The van der Waals surface area contributed by atoms with Crippen LogP contribution in [0.25, 0.3) is 0 Å². The van der Waals surface area contributed by atoms with Gasteiger partial charge in [-0.25, -0.2) is 0 Å². The van der Waals surface area contributed by atoms with Crippen LogP contribution >= 0.6 is 0 Å². The number of esters is 1. The van der Waals surface area contributed by atoms with Gasteiger partial charge in [-0.1, -0.05) is 52.4 Å². The van der Waals surface area contributed by atoms with Crippen molar-refractivity contribution in [2.45, 2.75) is 117 Å². The van der Waals surface area contributed by atoms with Crippen molar-refractivity contribution < 1.29 is 9.53 Å². The van der Waals surface area contributed by atoms with E-state index in [1.54, 1.807) is 0 Å². The number of hydrogen-bond acceptors (Lipinski definition) is 2. The second-order valence-electron chi connectivity index (χ2n) is 8.90. The van der Waals surface area contributed by atoms with Gasteiger partial charge in [0.25, 0.3) is 0 Å². The third-order valence-corrected chi connectivity index (χ3v) is 7.02. The summed E-state index contributed by atoms with van der Waals surface area (Å²) in [5.74, 6) is 3.09. The van der Waals surface area contributed by atoms with Crippen LogP contribution in [-0.2, 0) is 9.53 Å². The number of carbonyl (C=O) groups excluding carboxylic acids is 1. The van der Waals surface area contributed by atoms with Gasteiger partial charge in [0.15, 0.2) is 0 Å². The molecule has 0 heterocycles. The smallest absolute Gasteiger partial charge is 0.309 e. The molecule has 0 N–H and O–H groups in total.